The molecule has 1 heterocycles. The van der Waals surface area contributed by atoms with Crippen LogP contribution >= 0.6 is 11.8 Å². The van der Waals surface area contributed by atoms with Crippen molar-refractivity contribution < 1.29 is 24.4 Å². The van der Waals surface area contributed by atoms with Crippen molar-refractivity contribution in [2.24, 2.45) is 0 Å². The molecule has 0 aliphatic heterocycles. The first kappa shape index (κ1) is 13.9. The van der Waals surface area contributed by atoms with Crippen LogP contribution in [0, 0.1) is 10.1 Å². The predicted octanol–water partition coefficient (Wildman–Crippen LogP) is 0.953. The molecular formula is C9H8N2O6S. The molecule has 0 bridgehead atoms. The summed E-state index contributed by atoms with van der Waals surface area (Å²) in [5, 5.41) is 19.4. The molecule has 0 amide bonds. The molecule has 1 rings (SSSR count). The van der Waals surface area contributed by atoms with Gasteiger partial charge in [-0.2, -0.15) is 0 Å². The van der Waals surface area contributed by atoms with Crippen molar-refractivity contribution in [2.75, 3.05) is 12.9 Å². The summed E-state index contributed by atoms with van der Waals surface area (Å²) in [6.45, 7) is 0. The lowest BCUT2D eigenvalue weighted by molar-refractivity contribution is -0.388. The van der Waals surface area contributed by atoms with E-state index in [9.17, 15) is 19.7 Å². The van der Waals surface area contributed by atoms with Crippen LogP contribution in [0.25, 0.3) is 0 Å². The second-order valence-electron chi connectivity index (χ2n) is 2.98. The van der Waals surface area contributed by atoms with Gasteiger partial charge in [0.2, 0.25) is 0 Å². The third kappa shape index (κ3) is 3.42. The number of nitrogens with zero attached hydrogens (tertiary/aromatic N) is 2. The van der Waals surface area contributed by atoms with Gasteiger partial charge >= 0.3 is 17.6 Å². The van der Waals surface area contributed by atoms with Crippen molar-refractivity contribution in [1.29, 1.82) is 0 Å². The molecule has 0 atom stereocenters. The molecule has 0 unspecified atom stereocenters. The van der Waals surface area contributed by atoms with E-state index in [4.69, 9.17) is 5.11 Å². The minimum atomic E-state index is -1.31. The van der Waals surface area contributed by atoms with Crippen LogP contribution in [0.2, 0.25) is 0 Å². The Balaban J connectivity index is 3.00. The highest BCUT2D eigenvalue weighted by atomic mass is 32.2. The minimum Gasteiger partial charge on any atom is -0.478 e. The van der Waals surface area contributed by atoms with Crippen molar-refractivity contribution in [3.63, 3.8) is 0 Å². The molecule has 0 aliphatic rings. The quantitative estimate of drug-likeness (QED) is 0.364. The highest BCUT2D eigenvalue weighted by molar-refractivity contribution is 8.00. The SMILES string of the molecule is COC(=O)CSc1ncc(C(=O)O)cc1[N+](=O)[O-]. The molecule has 8 nitrogen and oxygen atoms in total. The summed E-state index contributed by atoms with van der Waals surface area (Å²) in [6, 6.07) is 0.898. The lowest BCUT2D eigenvalue weighted by Gasteiger charge is -2.02. The maximum Gasteiger partial charge on any atom is 0.337 e. The molecule has 1 aromatic heterocycles. The van der Waals surface area contributed by atoms with E-state index >= 15 is 0 Å². The number of aromatic nitrogens is 1. The molecule has 96 valence electrons. The Bertz CT molecular complexity index is 504. The van der Waals surface area contributed by atoms with Gasteiger partial charge in [0.05, 0.1) is 23.3 Å². The number of esters is 1. The summed E-state index contributed by atoms with van der Waals surface area (Å²) in [5.41, 5.74) is -0.743. The van der Waals surface area contributed by atoms with E-state index in [1.165, 1.54) is 7.11 Å². The van der Waals surface area contributed by atoms with E-state index in [1.54, 1.807) is 0 Å². The highest BCUT2D eigenvalue weighted by Crippen LogP contribution is 2.27. The standard InChI is InChI=1S/C9H8N2O6S/c1-17-7(12)4-18-8-6(11(15)16)2-5(3-10-8)9(13)14/h2-3H,4H2,1H3,(H,13,14). The van der Waals surface area contributed by atoms with Crippen molar-refractivity contribution in [3.05, 3.63) is 27.9 Å². The number of thioether (sulfide) groups is 1. The van der Waals surface area contributed by atoms with Crippen LogP contribution in [0.1, 0.15) is 10.4 Å². The van der Waals surface area contributed by atoms with Crippen LogP contribution in [0.3, 0.4) is 0 Å². The number of hydrogen-bond donors (Lipinski definition) is 1. The van der Waals surface area contributed by atoms with Gasteiger partial charge in [0, 0.05) is 12.3 Å². The Morgan fingerprint density at radius 2 is 2.28 bits per heavy atom. The molecule has 18 heavy (non-hydrogen) atoms. The number of pyridine rings is 1. The van der Waals surface area contributed by atoms with Gasteiger partial charge in [-0.25, -0.2) is 9.78 Å². The number of aromatic carboxylic acids is 1. The minimum absolute atomic E-state index is 0.0320. The average molecular weight is 272 g/mol. The lowest BCUT2D eigenvalue weighted by Crippen LogP contribution is -2.05. The fourth-order valence-corrected chi connectivity index (χ4v) is 1.77. The summed E-state index contributed by atoms with van der Waals surface area (Å²) in [6.07, 6.45) is 0.995. The van der Waals surface area contributed by atoms with Crippen LogP contribution in [-0.4, -0.2) is 39.8 Å². The summed E-state index contributed by atoms with van der Waals surface area (Å²) in [7, 11) is 1.19. The zero-order valence-electron chi connectivity index (χ0n) is 9.15. The van der Waals surface area contributed by atoms with Gasteiger partial charge in [0.25, 0.3) is 0 Å². The van der Waals surface area contributed by atoms with E-state index < -0.39 is 22.5 Å². The first-order valence-corrected chi connectivity index (χ1v) is 5.51. The number of nitro groups is 1. The fraction of sp³-hybridized carbons (Fsp3) is 0.222. The van der Waals surface area contributed by atoms with Gasteiger partial charge in [-0.05, 0) is 0 Å². The number of carboxylic acids is 1. The maximum absolute atomic E-state index is 10.9. The van der Waals surface area contributed by atoms with Gasteiger partial charge in [0.1, 0.15) is 0 Å². The normalized spacial score (nSPS) is 9.83. The van der Waals surface area contributed by atoms with E-state index in [-0.39, 0.29) is 16.3 Å². The smallest absolute Gasteiger partial charge is 0.337 e. The fourth-order valence-electron chi connectivity index (χ4n) is 0.986. The number of carbonyl (C=O) groups is 2. The Kier molecular flexibility index (Phi) is 4.60. The Morgan fingerprint density at radius 1 is 1.61 bits per heavy atom. The summed E-state index contributed by atoms with van der Waals surface area (Å²) in [5.74, 6) is -2.01. The molecular weight excluding hydrogens is 264 g/mol. The molecule has 0 saturated heterocycles. The van der Waals surface area contributed by atoms with Crippen molar-refractivity contribution in [2.45, 2.75) is 5.03 Å². The Morgan fingerprint density at radius 3 is 2.78 bits per heavy atom. The van der Waals surface area contributed by atoms with Crippen LogP contribution in [0.5, 0.6) is 0 Å². The van der Waals surface area contributed by atoms with Crippen LogP contribution < -0.4 is 0 Å². The molecule has 1 aromatic rings. The summed E-state index contributed by atoms with van der Waals surface area (Å²) >= 11 is 0.808. The van der Waals surface area contributed by atoms with Crippen LogP contribution in [0.15, 0.2) is 17.3 Å². The second-order valence-corrected chi connectivity index (χ2v) is 3.94. The van der Waals surface area contributed by atoms with Gasteiger partial charge < -0.3 is 9.84 Å². The van der Waals surface area contributed by atoms with Crippen molar-refractivity contribution in [3.8, 4) is 0 Å². The third-order valence-electron chi connectivity index (χ3n) is 1.83. The first-order valence-electron chi connectivity index (χ1n) is 4.53. The second kappa shape index (κ2) is 5.96. The maximum atomic E-state index is 10.9. The molecule has 0 aromatic carbocycles. The first-order chi connectivity index (χ1) is 8.45. The molecule has 0 radical (unpaired) electrons. The summed E-state index contributed by atoms with van der Waals surface area (Å²) in [4.78, 5) is 35.2. The van der Waals surface area contributed by atoms with E-state index in [0.717, 1.165) is 24.0 Å². The largest absolute Gasteiger partial charge is 0.478 e. The number of ether oxygens (including phenoxy) is 1. The number of rotatable bonds is 5. The lowest BCUT2D eigenvalue weighted by atomic mass is 10.3. The van der Waals surface area contributed by atoms with Gasteiger partial charge in [0.15, 0.2) is 5.03 Å². The number of carbonyl (C=O) groups excluding carboxylic acids is 1. The average Bonchev–Trinajstić information content (AvgIpc) is 2.35. The molecule has 0 spiro atoms. The number of carboxylic acid groups (broad SMARTS) is 1. The monoisotopic (exact) mass is 272 g/mol. The highest BCUT2D eigenvalue weighted by Gasteiger charge is 2.20. The molecule has 0 aliphatic carbocycles. The third-order valence-corrected chi connectivity index (χ3v) is 2.80. The zero-order valence-corrected chi connectivity index (χ0v) is 9.97. The predicted molar refractivity (Wildman–Crippen MR) is 60.6 cm³/mol. The van der Waals surface area contributed by atoms with E-state index in [0.29, 0.717) is 0 Å². The van der Waals surface area contributed by atoms with Crippen LogP contribution in [0.4, 0.5) is 5.69 Å². The molecule has 1 N–H and O–H groups in total. The van der Waals surface area contributed by atoms with E-state index in [1.807, 2.05) is 0 Å². The Labute approximate surface area is 105 Å². The topological polar surface area (TPSA) is 120 Å². The van der Waals surface area contributed by atoms with Gasteiger partial charge in [-0.3, -0.25) is 14.9 Å². The molecule has 0 saturated carbocycles. The van der Waals surface area contributed by atoms with Gasteiger partial charge in [-0.1, -0.05) is 11.8 Å². The Hall–Kier alpha value is -2.16. The van der Waals surface area contributed by atoms with Crippen LogP contribution in [-0.2, 0) is 9.53 Å². The van der Waals surface area contributed by atoms with Gasteiger partial charge in [-0.15, -0.1) is 0 Å². The zero-order chi connectivity index (χ0) is 13.7. The number of methoxy groups -OCH3 is 1. The number of hydrogen-bond acceptors (Lipinski definition) is 7. The molecule has 0 fully saturated rings. The molecule has 9 heteroatoms. The van der Waals surface area contributed by atoms with E-state index in [2.05, 4.69) is 9.72 Å². The summed E-state index contributed by atoms with van der Waals surface area (Å²) < 4.78 is 4.38. The van der Waals surface area contributed by atoms with Crippen molar-refractivity contribution in [1.82, 2.24) is 4.98 Å². The van der Waals surface area contributed by atoms with Crippen molar-refractivity contribution >= 4 is 29.4 Å².